The zero-order valence-corrected chi connectivity index (χ0v) is 15.1. The summed E-state index contributed by atoms with van der Waals surface area (Å²) in [6.07, 6.45) is 3.27. The number of carbonyl (C=O) groups excluding carboxylic acids is 1. The molecule has 3 aromatic rings. The van der Waals surface area contributed by atoms with Crippen molar-refractivity contribution in [3.8, 4) is 11.4 Å². The van der Waals surface area contributed by atoms with Crippen molar-refractivity contribution in [3.63, 3.8) is 0 Å². The third-order valence-electron chi connectivity index (χ3n) is 3.77. The SMILES string of the molecule is C=CCN(C(=O)CSc1nnc(-c2ccoc2C)n1N)c1ccccc1. The van der Waals surface area contributed by atoms with E-state index in [9.17, 15) is 4.79 Å². The first kappa shape index (κ1) is 17.8. The summed E-state index contributed by atoms with van der Waals surface area (Å²) in [4.78, 5) is 14.3. The molecule has 2 heterocycles. The Balaban J connectivity index is 1.72. The molecule has 2 N–H and O–H groups in total. The van der Waals surface area contributed by atoms with Gasteiger partial charge in [-0.15, -0.1) is 16.8 Å². The number of para-hydroxylation sites is 1. The summed E-state index contributed by atoms with van der Waals surface area (Å²) < 4.78 is 6.65. The molecule has 0 saturated heterocycles. The van der Waals surface area contributed by atoms with Gasteiger partial charge in [-0.25, -0.2) is 4.68 Å². The van der Waals surface area contributed by atoms with E-state index in [0.29, 0.717) is 23.3 Å². The second-order valence-corrected chi connectivity index (χ2v) is 6.43. The Labute approximate surface area is 155 Å². The maximum absolute atomic E-state index is 12.7. The number of aryl methyl sites for hydroxylation is 1. The predicted octanol–water partition coefficient (Wildman–Crippen LogP) is 2.87. The van der Waals surface area contributed by atoms with E-state index in [0.717, 1.165) is 11.3 Å². The van der Waals surface area contributed by atoms with Crippen LogP contribution in [0.15, 0.2) is 64.9 Å². The van der Waals surface area contributed by atoms with Crippen molar-refractivity contribution >= 4 is 23.4 Å². The Morgan fingerprint density at radius 2 is 2.12 bits per heavy atom. The van der Waals surface area contributed by atoms with Crippen LogP contribution in [0.25, 0.3) is 11.4 Å². The molecule has 0 fully saturated rings. The van der Waals surface area contributed by atoms with Crippen LogP contribution in [0.3, 0.4) is 0 Å². The van der Waals surface area contributed by atoms with Crippen molar-refractivity contribution in [2.24, 2.45) is 0 Å². The minimum Gasteiger partial charge on any atom is -0.469 e. The number of hydrogen-bond donors (Lipinski definition) is 1. The van der Waals surface area contributed by atoms with Gasteiger partial charge >= 0.3 is 0 Å². The van der Waals surface area contributed by atoms with Gasteiger partial charge in [0.05, 0.1) is 17.6 Å². The molecule has 1 amide bonds. The molecule has 26 heavy (non-hydrogen) atoms. The van der Waals surface area contributed by atoms with Crippen molar-refractivity contribution in [1.82, 2.24) is 14.9 Å². The number of carbonyl (C=O) groups is 1. The topological polar surface area (TPSA) is 90.2 Å². The highest BCUT2D eigenvalue weighted by molar-refractivity contribution is 7.99. The number of benzene rings is 1. The monoisotopic (exact) mass is 369 g/mol. The maximum Gasteiger partial charge on any atom is 0.237 e. The van der Waals surface area contributed by atoms with E-state index in [4.69, 9.17) is 10.3 Å². The Kier molecular flexibility index (Phi) is 5.43. The number of nitrogens with zero attached hydrogens (tertiary/aromatic N) is 4. The van der Waals surface area contributed by atoms with E-state index in [1.165, 1.54) is 16.4 Å². The van der Waals surface area contributed by atoms with Crippen molar-refractivity contribution in [1.29, 1.82) is 0 Å². The normalized spacial score (nSPS) is 10.7. The molecular weight excluding hydrogens is 350 g/mol. The van der Waals surface area contributed by atoms with Gasteiger partial charge in [0.1, 0.15) is 5.76 Å². The van der Waals surface area contributed by atoms with Crippen LogP contribution in [0.5, 0.6) is 0 Å². The van der Waals surface area contributed by atoms with Gasteiger partial charge in [0.15, 0.2) is 5.82 Å². The fourth-order valence-electron chi connectivity index (χ4n) is 2.47. The molecule has 1 aromatic carbocycles. The van der Waals surface area contributed by atoms with Crippen LogP contribution in [0.4, 0.5) is 5.69 Å². The molecular formula is C18H19N5O2S. The fourth-order valence-corrected chi connectivity index (χ4v) is 3.20. The van der Waals surface area contributed by atoms with Crippen LogP contribution < -0.4 is 10.7 Å². The van der Waals surface area contributed by atoms with Gasteiger partial charge in [0, 0.05) is 12.2 Å². The van der Waals surface area contributed by atoms with Crippen LogP contribution in [0.1, 0.15) is 5.76 Å². The third-order valence-corrected chi connectivity index (χ3v) is 4.70. The van der Waals surface area contributed by atoms with Gasteiger partial charge in [0.25, 0.3) is 0 Å². The first-order valence-electron chi connectivity index (χ1n) is 7.96. The smallest absolute Gasteiger partial charge is 0.237 e. The Bertz CT molecular complexity index is 903. The average molecular weight is 369 g/mol. The molecule has 3 rings (SSSR count). The summed E-state index contributed by atoms with van der Waals surface area (Å²) in [7, 11) is 0. The average Bonchev–Trinajstić information content (AvgIpc) is 3.23. The summed E-state index contributed by atoms with van der Waals surface area (Å²) in [5.41, 5.74) is 1.60. The van der Waals surface area contributed by atoms with E-state index < -0.39 is 0 Å². The molecule has 134 valence electrons. The number of nitrogens with two attached hydrogens (primary N) is 1. The van der Waals surface area contributed by atoms with Gasteiger partial charge in [-0.1, -0.05) is 36.0 Å². The third kappa shape index (κ3) is 3.65. The molecule has 0 aliphatic rings. The molecule has 0 saturated carbocycles. The Morgan fingerprint density at radius 3 is 2.77 bits per heavy atom. The zero-order valence-electron chi connectivity index (χ0n) is 14.3. The first-order chi connectivity index (χ1) is 12.6. The molecule has 0 bridgehead atoms. The summed E-state index contributed by atoms with van der Waals surface area (Å²) in [5, 5.41) is 8.64. The van der Waals surface area contributed by atoms with E-state index in [2.05, 4.69) is 16.8 Å². The molecule has 0 aliphatic carbocycles. The molecule has 0 unspecified atom stereocenters. The number of amides is 1. The quantitative estimate of drug-likeness (QED) is 0.391. The number of furan rings is 1. The van der Waals surface area contributed by atoms with Crippen molar-refractivity contribution in [2.75, 3.05) is 23.0 Å². The van der Waals surface area contributed by atoms with Crippen LogP contribution in [-0.2, 0) is 4.79 Å². The number of hydrogen-bond acceptors (Lipinski definition) is 6. The maximum atomic E-state index is 12.7. The van der Waals surface area contributed by atoms with Crippen molar-refractivity contribution < 1.29 is 9.21 Å². The number of aromatic nitrogens is 3. The highest BCUT2D eigenvalue weighted by atomic mass is 32.2. The van der Waals surface area contributed by atoms with E-state index >= 15 is 0 Å². The largest absolute Gasteiger partial charge is 0.469 e. The lowest BCUT2D eigenvalue weighted by Gasteiger charge is -2.20. The van der Waals surface area contributed by atoms with Gasteiger partial charge in [-0.3, -0.25) is 4.79 Å². The molecule has 0 spiro atoms. The van der Waals surface area contributed by atoms with Gasteiger partial charge in [-0.2, -0.15) is 0 Å². The highest BCUT2D eigenvalue weighted by Gasteiger charge is 2.19. The van der Waals surface area contributed by atoms with Crippen LogP contribution >= 0.6 is 11.8 Å². The lowest BCUT2D eigenvalue weighted by atomic mass is 10.2. The molecule has 8 heteroatoms. The number of rotatable bonds is 7. The highest BCUT2D eigenvalue weighted by Crippen LogP contribution is 2.25. The van der Waals surface area contributed by atoms with Crippen molar-refractivity contribution in [3.05, 3.63) is 61.1 Å². The lowest BCUT2D eigenvalue weighted by Crippen LogP contribution is -2.32. The van der Waals surface area contributed by atoms with E-state index in [1.807, 2.05) is 37.3 Å². The molecule has 0 radical (unpaired) electrons. The zero-order chi connectivity index (χ0) is 18.5. The lowest BCUT2D eigenvalue weighted by molar-refractivity contribution is -0.116. The first-order valence-corrected chi connectivity index (χ1v) is 8.94. The molecule has 0 atom stereocenters. The number of nitrogen functional groups attached to an aromatic ring is 1. The second kappa shape index (κ2) is 7.92. The predicted molar refractivity (Wildman–Crippen MR) is 102 cm³/mol. The van der Waals surface area contributed by atoms with Gasteiger partial charge in [-0.05, 0) is 25.1 Å². The van der Waals surface area contributed by atoms with E-state index in [-0.39, 0.29) is 11.7 Å². The summed E-state index contributed by atoms with van der Waals surface area (Å²) >= 11 is 1.24. The molecule has 7 nitrogen and oxygen atoms in total. The number of thioether (sulfide) groups is 1. The number of anilines is 1. The fraction of sp³-hybridized carbons (Fsp3) is 0.167. The van der Waals surface area contributed by atoms with Crippen LogP contribution in [0.2, 0.25) is 0 Å². The van der Waals surface area contributed by atoms with E-state index in [1.54, 1.807) is 23.3 Å². The van der Waals surface area contributed by atoms with Crippen LogP contribution in [-0.4, -0.2) is 33.1 Å². The van der Waals surface area contributed by atoms with Gasteiger partial charge in [0.2, 0.25) is 11.1 Å². The van der Waals surface area contributed by atoms with Crippen LogP contribution in [0, 0.1) is 6.92 Å². The van der Waals surface area contributed by atoms with Crippen molar-refractivity contribution in [2.45, 2.75) is 12.1 Å². The molecule has 2 aromatic heterocycles. The van der Waals surface area contributed by atoms with Gasteiger partial charge < -0.3 is 15.2 Å². The second-order valence-electron chi connectivity index (χ2n) is 5.48. The molecule has 0 aliphatic heterocycles. The summed E-state index contributed by atoms with van der Waals surface area (Å²) in [6, 6.07) is 11.2. The minimum absolute atomic E-state index is 0.0647. The minimum atomic E-state index is -0.0647. The summed E-state index contributed by atoms with van der Waals surface area (Å²) in [6.45, 7) is 5.98. The summed E-state index contributed by atoms with van der Waals surface area (Å²) in [5.74, 6) is 7.41. The Hall–Kier alpha value is -3.00. The Morgan fingerprint density at radius 1 is 1.35 bits per heavy atom. The standard InChI is InChI=1S/C18H19N5O2S/c1-3-10-22(14-7-5-4-6-8-14)16(24)12-26-18-21-20-17(23(18)19)15-9-11-25-13(15)2/h3-9,11H,1,10,12,19H2,2H3.